The normalized spacial score (nSPS) is 19.1. The summed E-state index contributed by atoms with van der Waals surface area (Å²) in [7, 11) is 0. The first kappa shape index (κ1) is 30.7. The van der Waals surface area contributed by atoms with Crippen molar-refractivity contribution in [3.05, 3.63) is 47.5 Å². The number of ketones is 2. The van der Waals surface area contributed by atoms with Crippen molar-refractivity contribution in [1.82, 2.24) is 0 Å². The van der Waals surface area contributed by atoms with Crippen molar-refractivity contribution in [2.75, 3.05) is 0 Å². The first-order valence-corrected chi connectivity index (χ1v) is 16.2. The summed E-state index contributed by atoms with van der Waals surface area (Å²) in [5.74, 6) is 0.109. The van der Waals surface area contributed by atoms with Crippen molar-refractivity contribution in [2.45, 2.75) is 85.0 Å². The molecule has 2 saturated carbocycles. The maximum absolute atomic E-state index is 13.7. The predicted molar refractivity (Wildman–Crippen MR) is 169 cm³/mol. The van der Waals surface area contributed by atoms with Gasteiger partial charge in [-0.25, -0.2) is 9.59 Å². The monoisotopic (exact) mass is 602 g/mol. The molecule has 0 saturated heterocycles. The Kier molecular flexibility index (Phi) is 9.80. The van der Waals surface area contributed by atoms with Gasteiger partial charge in [-0.15, -0.1) is 11.3 Å². The number of benzene rings is 2. The van der Waals surface area contributed by atoms with Crippen LogP contribution in [0, 0.1) is 17.8 Å². The number of rotatable bonds is 13. The fraction of sp³-hybridized carbons (Fsp3) is 0.471. The van der Waals surface area contributed by atoms with Crippen LogP contribution in [0.2, 0.25) is 0 Å². The zero-order valence-electron chi connectivity index (χ0n) is 25.0. The van der Waals surface area contributed by atoms with E-state index in [-0.39, 0.29) is 35.8 Å². The highest BCUT2D eigenvalue weighted by Crippen LogP contribution is 2.37. The van der Waals surface area contributed by atoms with Crippen LogP contribution in [0.25, 0.3) is 20.2 Å². The van der Waals surface area contributed by atoms with Crippen LogP contribution in [-0.2, 0) is 19.3 Å². The first-order valence-electron chi connectivity index (χ1n) is 15.3. The van der Waals surface area contributed by atoms with Crippen LogP contribution in [0.3, 0.4) is 0 Å². The molecule has 2 aliphatic carbocycles. The summed E-state index contributed by atoms with van der Waals surface area (Å²) in [4.78, 5) is 60.8. The second-order valence-electron chi connectivity index (χ2n) is 11.9. The Morgan fingerprint density at radius 2 is 1.30 bits per heavy atom. The molecule has 1 heterocycles. The Balaban J connectivity index is 1.43. The van der Waals surface area contributed by atoms with Crippen molar-refractivity contribution in [3.63, 3.8) is 0 Å². The lowest BCUT2D eigenvalue weighted by molar-refractivity contribution is -0.144. The van der Waals surface area contributed by atoms with Crippen LogP contribution in [0.15, 0.2) is 46.7 Å². The largest absolute Gasteiger partial charge is 0.334 e. The maximum atomic E-state index is 13.7. The van der Waals surface area contributed by atoms with E-state index in [1.54, 1.807) is 37.3 Å². The second kappa shape index (κ2) is 13.7. The number of hydrogen-bond acceptors (Lipinski definition) is 9. The zero-order chi connectivity index (χ0) is 30.5. The Morgan fingerprint density at radius 1 is 0.767 bits per heavy atom. The second-order valence-corrected chi connectivity index (χ2v) is 12.9. The number of hydrogen-bond donors (Lipinski definition) is 0. The molecule has 3 aromatic rings. The van der Waals surface area contributed by atoms with Gasteiger partial charge in [-0.1, -0.05) is 43.9 Å². The van der Waals surface area contributed by atoms with Crippen LogP contribution in [0.4, 0.5) is 0 Å². The van der Waals surface area contributed by atoms with E-state index in [0.717, 1.165) is 52.3 Å². The minimum atomic E-state index is -0.484. The SMILES string of the molecule is CCC(=O)O/N=C(\CCC1CCC(C)C1)C(=O)c1ccc2sc3ccc(C(=O)/C(CC4CC4)=N/OC(=O)CC)cc3c2c1. The molecule has 0 N–H and O–H groups in total. The predicted octanol–water partition coefficient (Wildman–Crippen LogP) is 8.05. The molecule has 0 radical (unpaired) electrons. The third-order valence-electron chi connectivity index (χ3n) is 8.38. The van der Waals surface area contributed by atoms with Gasteiger partial charge < -0.3 is 9.68 Å². The molecule has 5 rings (SSSR count). The van der Waals surface area contributed by atoms with Crippen LogP contribution in [0.5, 0.6) is 0 Å². The molecule has 2 unspecified atom stereocenters. The third-order valence-corrected chi connectivity index (χ3v) is 9.53. The summed E-state index contributed by atoms with van der Waals surface area (Å²) < 4.78 is 1.96. The van der Waals surface area contributed by atoms with Gasteiger partial charge in [0.2, 0.25) is 11.6 Å². The van der Waals surface area contributed by atoms with E-state index in [0.29, 0.717) is 41.7 Å². The Bertz CT molecular complexity index is 1620. The highest BCUT2D eigenvalue weighted by Gasteiger charge is 2.28. The van der Waals surface area contributed by atoms with Gasteiger partial charge in [0.25, 0.3) is 0 Å². The van der Waals surface area contributed by atoms with E-state index in [2.05, 4.69) is 17.2 Å². The molecule has 226 valence electrons. The number of Topliss-reactive ketones (excluding diaryl/α,β-unsaturated/α-hetero) is 2. The fourth-order valence-electron chi connectivity index (χ4n) is 5.63. The molecule has 2 atom stereocenters. The number of fused-ring (bicyclic) bond motifs is 3. The Morgan fingerprint density at radius 3 is 1.81 bits per heavy atom. The summed E-state index contributed by atoms with van der Waals surface area (Å²) in [5, 5.41) is 9.69. The van der Waals surface area contributed by atoms with E-state index in [1.165, 1.54) is 6.42 Å². The molecular formula is C34H38N2O6S. The Labute approximate surface area is 255 Å². The van der Waals surface area contributed by atoms with Gasteiger partial charge in [-0.2, -0.15) is 0 Å². The quantitative estimate of drug-likeness (QED) is 0.0847. The fourth-order valence-corrected chi connectivity index (χ4v) is 6.70. The molecule has 9 heteroatoms. The van der Waals surface area contributed by atoms with Gasteiger partial charge in [0, 0.05) is 44.1 Å². The number of oxime groups is 2. The van der Waals surface area contributed by atoms with Crippen LogP contribution < -0.4 is 0 Å². The highest BCUT2D eigenvalue weighted by atomic mass is 32.1. The van der Waals surface area contributed by atoms with Crippen molar-refractivity contribution in [1.29, 1.82) is 0 Å². The summed E-state index contributed by atoms with van der Waals surface area (Å²) in [5.41, 5.74) is 1.41. The molecule has 1 aromatic heterocycles. The first-order chi connectivity index (χ1) is 20.7. The van der Waals surface area contributed by atoms with Crippen molar-refractivity contribution in [2.24, 2.45) is 28.1 Å². The molecule has 0 spiro atoms. The highest BCUT2D eigenvalue weighted by molar-refractivity contribution is 7.25. The van der Waals surface area contributed by atoms with E-state index in [4.69, 9.17) is 9.68 Å². The van der Waals surface area contributed by atoms with Crippen molar-refractivity contribution in [3.8, 4) is 0 Å². The lowest BCUT2D eigenvalue weighted by Gasteiger charge is -2.11. The third kappa shape index (κ3) is 7.63. The van der Waals surface area contributed by atoms with Gasteiger partial charge in [0.1, 0.15) is 11.4 Å². The molecular weight excluding hydrogens is 564 g/mol. The van der Waals surface area contributed by atoms with E-state index in [1.807, 2.05) is 24.3 Å². The van der Waals surface area contributed by atoms with Crippen LogP contribution >= 0.6 is 11.3 Å². The molecule has 8 nitrogen and oxygen atoms in total. The average Bonchev–Trinajstić information content (AvgIpc) is 3.63. The molecule has 2 fully saturated rings. The molecule has 43 heavy (non-hydrogen) atoms. The van der Waals surface area contributed by atoms with Crippen LogP contribution in [-0.4, -0.2) is 34.9 Å². The average molecular weight is 603 g/mol. The topological polar surface area (TPSA) is 111 Å². The summed E-state index contributed by atoms with van der Waals surface area (Å²) >= 11 is 1.58. The van der Waals surface area contributed by atoms with Gasteiger partial charge in [-0.05, 0) is 92.7 Å². The lowest BCUT2D eigenvalue weighted by atomic mass is 9.95. The van der Waals surface area contributed by atoms with Gasteiger partial charge in [0.15, 0.2) is 0 Å². The zero-order valence-corrected chi connectivity index (χ0v) is 25.8. The molecule has 0 aliphatic heterocycles. The van der Waals surface area contributed by atoms with Crippen LogP contribution in [0.1, 0.15) is 106 Å². The number of nitrogens with zero attached hydrogens (tertiary/aromatic N) is 2. The van der Waals surface area contributed by atoms with Gasteiger partial charge in [0.05, 0.1) is 0 Å². The maximum Gasteiger partial charge on any atom is 0.334 e. The molecule has 0 amide bonds. The van der Waals surface area contributed by atoms with Gasteiger partial charge in [-0.3, -0.25) is 9.59 Å². The Hall–Kier alpha value is -3.72. The van der Waals surface area contributed by atoms with E-state index in [9.17, 15) is 19.2 Å². The molecule has 0 bridgehead atoms. The smallest absolute Gasteiger partial charge is 0.318 e. The van der Waals surface area contributed by atoms with Crippen molar-refractivity contribution < 1.29 is 28.9 Å². The van der Waals surface area contributed by atoms with E-state index >= 15 is 0 Å². The summed E-state index contributed by atoms with van der Waals surface area (Å²) in [6.07, 6.45) is 7.62. The molecule has 2 aromatic carbocycles. The molecule has 2 aliphatic rings. The lowest BCUT2D eigenvalue weighted by Crippen LogP contribution is -2.17. The summed E-state index contributed by atoms with van der Waals surface area (Å²) in [6, 6.07) is 11.0. The summed E-state index contributed by atoms with van der Waals surface area (Å²) in [6.45, 7) is 5.62. The minimum Gasteiger partial charge on any atom is -0.318 e. The van der Waals surface area contributed by atoms with Crippen molar-refractivity contribution >= 4 is 66.4 Å². The minimum absolute atomic E-state index is 0.174. The van der Waals surface area contributed by atoms with Gasteiger partial charge >= 0.3 is 11.9 Å². The standard InChI is InChI=1S/C34H38N2O6S/c1-4-31(37)41-35-27(13-10-21-7-6-20(3)16-21)33(39)23-11-14-29-25(18-23)26-19-24(12-15-30(26)43-29)34(40)28(17-22-8-9-22)36-42-32(38)5-2/h11-12,14-15,18-22H,4-10,13,16-17H2,1-3H3/b35-27+,36-28+. The number of carbonyl (C=O) groups is 4. The number of thiophene rings is 1. The number of carbonyl (C=O) groups excluding carboxylic acids is 4. The van der Waals surface area contributed by atoms with E-state index < -0.39 is 11.9 Å².